The molecule has 1 heterocycles. The highest BCUT2D eigenvalue weighted by molar-refractivity contribution is 5.97. The third-order valence-electron chi connectivity index (χ3n) is 4.38. The smallest absolute Gasteiger partial charge is 0.251 e. The standard InChI is InChI=1S/C17H25N3O2.ClH/c1-12(19-15(21)13-7-5-4-6-8-13)16(22)20-10-9-14(18)17(2,3)11-20;/h4-8,12,14H,9-11,18H2,1-3H3,(H,19,21);1H. The molecule has 0 aliphatic carbocycles. The van der Waals surface area contributed by atoms with Crippen LogP contribution in [0.5, 0.6) is 0 Å². The Hall–Kier alpha value is -1.59. The summed E-state index contributed by atoms with van der Waals surface area (Å²) >= 11 is 0. The van der Waals surface area contributed by atoms with Crippen molar-refractivity contribution in [3.8, 4) is 0 Å². The summed E-state index contributed by atoms with van der Waals surface area (Å²) < 4.78 is 0. The maximum absolute atomic E-state index is 12.5. The quantitative estimate of drug-likeness (QED) is 0.882. The number of likely N-dealkylation sites (tertiary alicyclic amines) is 1. The lowest BCUT2D eigenvalue weighted by Gasteiger charge is -2.43. The highest BCUT2D eigenvalue weighted by Crippen LogP contribution is 2.27. The first-order chi connectivity index (χ1) is 10.3. The average molecular weight is 340 g/mol. The predicted molar refractivity (Wildman–Crippen MR) is 93.6 cm³/mol. The van der Waals surface area contributed by atoms with E-state index in [1.54, 1.807) is 36.1 Å². The van der Waals surface area contributed by atoms with Crippen molar-refractivity contribution in [2.75, 3.05) is 13.1 Å². The van der Waals surface area contributed by atoms with Gasteiger partial charge in [0.15, 0.2) is 0 Å². The maximum atomic E-state index is 12.5. The fraction of sp³-hybridized carbons (Fsp3) is 0.529. The van der Waals surface area contributed by atoms with Crippen LogP contribution in [0.4, 0.5) is 0 Å². The molecular weight excluding hydrogens is 314 g/mol. The van der Waals surface area contributed by atoms with Gasteiger partial charge in [-0.15, -0.1) is 12.4 Å². The molecule has 2 atom stereocenters. The van der Waals surface area contributed by atoms with Crippen molar-refractivity contribution in [3.63, 3.8) is 0 Å². The Labute approximate surface area is 144 Å². The van der Waals surface area contributed by atoms with Gasteiger partial charge in [0.2, 0.25) is 5.91 Å². The van der Waals surface area contributed by atoms with Gasteiger partial charge in [-0.2, -0.15) is 0 Å². The number of piperidine rings is 1. The van der Waals surface area contributed by atoms with Crippen LogP contribution in [0.3, 0.4) is 0 Å². The van der Waals surface area contributed by atoms with Crippen molar-refractivity contribution in [1.29, 1.82) is 0 Å². The maximum Gasteiger partial charge on any atom is 0.251 e. The molecule has 0 bridgehead atoms. The number of halogens is 1. The SMILES string of the molecule is CC(NC(=O)c1ccccc1)C(=O)N1CCC(N)C(C)(C)C1.Cl. The van der Waals surface area contributed by atoms with E-state index < -0.39 is 6.04 Å². The van der Waals surface area contributed by atoms with Crippen LogP contribution in [0.1, 0.15) is 37.6 Å². The highest BCUT2D eigenvalue weighted by atomic mass is 35.5. The Morgan fingerprint density at radius 3 is 2.48 bits per heavy atom. The summed E-state index contributed by atoms with van der Waals surface area (Å²) in [5.74, 6) is -0.279. The molecule has 6 heteroatoms. The minimum absolute atomic E-state index is 0. The van der Waals surface area contributed by atoms with Gasteiger partial charge in [-0.3, -0.25) is 9.59 Å². The summed E-state index contributed by atoms with van der Waals surface area (Å²) in [4.78, 5) is 26.5. The number of hydrogen-bond donors (Lipinski definition) is 2. The van der Waals surface area contributed by atoms with Gasteiger partial charge >= 0.3 is 0 Å². The molecule has 2 unspecified atom stereocenters. The molecule has 128 valence electrons. The first-order valence-corrected chi connectivity index (χ1v) is 7.71. The van der Waals surface area contributed by atoms with Crippen LogP contribution in [0, 0.1) is 5.41 Å². The molecule has 0 aromatic heterocycles. The second-order valence-corrected chi connectivity index (χ2v) is 6.70. The van der Waals surface area contributed by atoms with Gasteiger partial charge < -0.3 is 16.0 Å². The normalized spacial score (nSPS) is 21.0. The van der Waals surface area contributed by atoms with Crippen LogP contribution < -0.4 is 11.1 Å². The van der Waals surface area contributed by atoms with Gasteiger partial charge in [-0.25, -0.2) is 0 Å². The predicted octanol–water partition coefficient (Wildman–Crippen LogP) is 1.81. The second-order valence-electron chi connectivity index (χ2n) is 6.70. The van der Waals surface area contributed by atoms with E-state index in [9.17, 15) is 9.59 Å². The molecule has 5 nitrogen and oxygen atoms in total. The Balaban J connectivity index is 0.00000264. The summed E-state index contributed by atoms with van der Waals surface area (Å²) in [6.07, 6.45) is 0.790. The number of carbonyl (C=O) groups excluding carboxylic acids is 2. The van der Waals surface area contributed by atoms with E-state index in [0.717, 1.165) is 6.42 Å². The summed E-state index contributed by atoms with van der Waals surface area (Å²) in [5.41, 5.74) is 6.56. The first kappa shape index (κ1) is 19.5. The molecule has 1 aliphatic rings. The number of carbonyl (C=O) groups is 2. The molecule has 3 N–H and O–H groups in total. The number of amides is 2. The fourth-order valence-corrected chi connectivity index (χ4v) is 2.77. The number of rotatable bonds is 3. The van der Waals surface area contributed by atoms with Crippen molar-refractivity contribution in [2.45, 2.75) is 39.3 Å². The topological polar surface area (TPSA) is 75.4 Å². The van der Waals surface area contributed by atoms with E-state index >= 15 is 0 Å². The van der Waals surface area contributed by atoms with Crippen molar-refractivity contribution in [1.82, 2.24) is 10.2 Å². The number of hydrogen-bond acceptors (Lipinski definition) is 3. The van der Waals surface area contributed by atoms with E-state index in [-0.39, 0.29) is 35.7 Å². The number of benzene rings is 1. The Morgan fingerprint density at radius 1 is 1.30 bits per heavy atom. The van der Waals surface area contributed by atoms with Crippen molar-refractivity contribution >= 4 is 24.2 Å². The minimum atomic E-state index is -0.544. The lowest BCUT2D eigenvalue weighted by molar-refractivity contribution is -0.136. The highest BCUT2D eigenvalue weighted by Gasteiger charge is 2.36. The molecule has 1 aromatic rings. The zero-order chi connectivity index (χ0) is 16.3. The van der Waals surface area contributed by atoms with Crippen molar-refractivity contribution < 1.29 is 9.59 Å². The van der Waals surface area contributed by atoms with Gasteiger partial charge in [0, 0.05) is 24.7 Å². The van der Waals surface area contributed by atoms with Gasteiger partial charge in [0.25, 0.3) is 5.91 Å². The lowest BCUT2D eigenvalue weighted by atomic mass is 9.79. The van der Waals surface area contributed by atoms with E-state index in [4.69, 9.17) is 5.73 Å². The zero-order valence-electron chi connectivity index (χ0n) is 13.9. The van der Waals surface area contributed by atoms with Crippen LogP contribution in [0.2, 0.25) is 0 Å². The van der Waals surface area contributed by atoms with Crippen LogP contribution in [-0.2, 0) is 4.79 Å². The number of nitrogens with zero attached hydrogens (tertiary/aromatic N) is 1. The molecule has 1 fully saturated rings. The molecule has 1 saturated heterocycles. The van der Waals surface area contributed by atoms with Crippen LogP contribution in [0.25, 0.3) is 0 Å². The van der Waals surface area contributed by atoms with Gasteiger partial charge in [0.05, 0.1) is 0 Å². The molecule has 0 spiro atoms. The van der Waals surface area contributed by atoms with E-state index in [0.29, 0.717) is 18.7 Å². The third kappa shape index (κ3) is 4.69. The molecule has 23 heavy (non-hydrogen) atoms. The monoisotopic (exact) mass is 339 g/mol. The van der Waals surface area contributed by atoms with Crippen molar-refractivity contribution in [2.24, 2.45) is 11.1 Å². The average Bonchev–Trinajstić information content (AvgIpc) is 2.50. The molecule has 2 amide bonds. The molecular formula is C17H26ClN3O2. The number of nitrogens with two attached hydrogens (primary N) is 1. The number of nitrogens with one attached hydrogen (secondary N) is 1. The minimum Gasteiger partial charge on any atom is -0.341 e. The zero-order valence-corrected chi connectivity index (χ0v) is 14.7. The van der Waals surface area contributed by atoms with Gasteiger partial charge in [-0.05, 0) is 30.9 Å². The molecule has 0 radical (unpaired) electrons. The fourth-order valence-electron chi connectivity index (χ4n) is 2.77. The van der Waals surface area contributed by atoms with Crippen LogP contribution in [0.15, 0.2) is 30.3 Å². The van der Waals surface area contributed by atoms with Gasteiger partial charge in [-0.1, -0.05) is 32.0 Å². The summed E-state index contributed by atoms with van der Waals surface area (Å²) in [5, 5.41) is 2.77. The van der Waals surface area contributed by atoms with E-state index in [1.165, 1.54) is 0 Å². The van der Waals surface area contributed by atoms with Crippen molar-refractivity contribution in [3.05, 3.63) is 35.9 Å². The molecule has 1 aliphatic heterocycles. The Kier molecular flexibility index (Phi) is 6.59. The lowest BCUT2D eigenvalue weighted by Crippen LogP contribution is -2.57. The third-order valence-corrected chi connectivity index (χ3v) is 4.38. The Bertz CT molecular complexity index is 548. The summed E-state index contributed by atoms with van der Waals surface area (Å²) in [6, 6.07) is 8.48. The molecule has 0 saturated carbocycles. The summed E-state index contributed by atoms with van der Waals surface area (Å²) in [7, 11) is 0. The van der Waals surface area contributed by atoms with Crippen LogP contribution in [-0.4, -0.2) is 41.9 Å². The molecule has 2 rings (SSSR count). The largest absolute Gasteiger partial charge is 0.341 e. The van der Waals surface area contributed by atoms with Gasteiger partial charge in [0.1, 0.15) is 6.04 Å². The summed E-state index contributed by atoms with van der Waals surface area (Å²) in [6.45, 7) is 7.15. The first-order valence-electron chi connectivity index (χ1n) is 7.71. The van der Waals surface area contributed by atoms with Crippen LogP contribution >= 0.6 is 12.4 Å². The second kappa shape index (κ2) is 7.79. The van der Waals surface area contributed by atoms with E-state index in [2.05, 4.69) is 19.2 Å². The molecule has 1 aromatic carbocycles. The Morgan fingerprint density at radius 2 is 1.91 bits per heavy atom. The van der Waals surface area contributed by atoms with E-state index in [1.807, 2.05) is 6.07 Å².